The van der Waals surface area contributed by atoms with Crippen LogP contribution in [0.5, 0.6) is 0 Å². The Morgan fingerprint density at radius 2 is 2.38 bits per heavy atom. The molecule has 1 amide bonds. The first-order chi connectivity index (χ1) is 10.0. The number of thioether (sulfide) groups is 2. The van der Waals surface area contributed by atoms with E-state index in [0.29, 0.717) is 21.4 Å². The third-order valence-electron chi connectivity index (χ3n) is 2.83. The van der Waals surface area contributed by atoms with E-state index in [0.717, 1.165) is 16.6 Å². The van der Waals surface area contributed by atoms with Crippen LogP contribution >= 0.6 is 47.1 Å². The summed E-state index contributed by atoms with van der Waals surface area (Å²) in [6, 6.07) is 2.91. The summed E-state index contributed by atoms with van der Waals surface area (Å²) in [5.41, 5.74) is 0. The molecular formula is C13H13NO3S4. The highest BCUT2D eigenvalue weighted by Crippen LogP contribution is 2.35. The molecule has 0 radical (unpaired) electrons. The van der Waals surface area contributed by atoms with Crippen LogP contribution in [0.2, 0.25) is 0 Å². The highest BCUT2D eigenvalue weighted by atomic mass is 32.2. The molecule has 1 fully saturated rings. The second-order valence-electron chi connectivity index (χ2n) is 4.20. The van der Waals surface area contributed by atoms with Crippen molar-refractivity contribution in [3.8, 4) is 0 Å². The van der Waals surface area contributed by atoms with Crippen molar-refractivity contribution in [2.75, 3.05) is 12.0 Å². The quantitative estimate of drug-likeness (QED) is 0.622. The summed E-state index contributed by atoms with van der Waals surface area (Å²) in [6.07, 6.45) is 4.05. The molecule has 0 aliphatic carbocycles. The number of carboxylic acids is 1. The summed E-state index contributed by atoms with van der Waals surface area (Å²) in [5.74, 6) is -0.664. The molecule has 2 rings (SSSR count). The lowest BCUT2D eigenvalue weighted by Gasteiger charge is -2.22. The van der Waals surface area contributed by atoms with E-state index < -0.39 is 12.0 Å². The van der Waals surface area contributed by atoms with Gasteiger partial charge in [-0.2, -0.15) is 11.8 Å². The van der Waals surface area contributed by atoms with Gasteiger partial charge in [0.25, 0.3) is 5.91 Å². The Morgan fingerprint density at radius 1 is 1.62 bits per heavy atom. The number of carbonyl (C=O) groups excluding carboxylic acids is 1. The molecule has 0 saturated carbocycles. The third kappa shape index (κ3) is 3.88. The van der Waals surface area contributed by atoms with Gasteiger partial charge in [0, 0.05) is 4.88 Å². The van der Waals surface area contributed by atoms with Gasteiger partial charge in [0.05, 0.1) is 4.91 Å². The van der Waals surface area contributed by atoms with Crippen LogP contribution in [0.1, 0.15) is 11.3 Å². The molecule has 1 aliphatic heterocycles. The molecule has 1 saturated heterocycles. The van der Waals surface area contributed by atoms with Crippen LogP contribution in [-0.2, 0) is 9.59 Å². The summed E-state index contributed by atoms with van der Waals surface area (Å²) < 4.78 is 0.316. The van der Waals surface area contributed by atoms with E-state index in [1.807, 2.05) is 23.8 Å². The van der Waals surface area contributed by atoms with E-state index in [1.54, 1.807) is 17.8 Å². The lowest BCUT2D eigenvalue weighted by atomic mass is 10.2. The maximum atomic E-state index is 12.4. The van der Waals surface area contributed by atoms with Crippen LogP contribution in [0.15, 0.2) is 22.4 Å². The Hall–Kier alpha value is -0.830. The first-order valence-electron chi connectivity index (χ1n) is 6.07. The lowest BCUT2D eigenvalue weighted by molar-refractivity contribution is -0.145. The van der Waals surface area contributed by atoms with E-state index in [4.69, 9.17) is 12.2 Å². The van der Waals surface area contributed by atoms with Crippen LogP contribution in [0, 0.1) is 0 Å². The van der Waals surface area contributed by atoms with E-state index in [2.05, 4.69) is 0 Å². The Bertz CT molecular complexity index is 582. The Morgan fingerprint density at radius 3 is 2.95 bits per heavy atom. The number of thiophene rings is 1. The second-order valence-corrected chi connectivity index (χ2v) is 7.84. The van der Waals surface area contributed by atoms with Crippen molar-refractivity contribution < 1.29 is 14.7 Å². The molecule has 2 heterocycles. The fraction of sp³-hybridized carbons (Fsp3) is 0.308. The zero-order valence-corrected chi connectivity index (χ0v) is 14.4. The minimum atomic E-state index is -1.02. The lowest BCUT2D eigenvalue weighted by Crippen LogP contribution is -2.44. The van der Waals surface area contributed by atoms with Gasteiger partial charge >= 0.3 is 5.97 Å². The van der Waals surface area contributed by atoms with Crippen LogP contribution in [0.25, 0.3) is 6.08 Å². The maximum absolute atomic E-state index is 12.4. The van der Waals surface area contributed by atoms with E-state index in [1.165, 1.54) is 16.2 Å². The zero-order chi connectivity index (χ0) is 15.4. The molecule has 1 aliphatic rings. The molecule has 21 heavy (non-hydrogen) atoms. The van der Waals surface area contributed by atoms with Crippen LogP contribution in [0.4, 0.5) is 0 Å². The number of nitrogens with zero attached hydrogens (tertiary/aromatic N) is 1. The van der Waals surface area contributed by atoms with Crippen molar-refractivity contribution in [3.05, 3.63) is 27.3 Å². The molecular weight excluding hydrogens is 346 g/mol. The normalized spacial score (nSPS) is 18.5. The summed E-state index contributed by atoms with van der Waals surface area (Å²) >= 11 is 9.43. The largest absolute Gasteiger partial charge is 0.480 e. The van der Waals surface area contributed by atoms with E-state index in [9.17, 15) is 14.7 Å². The van der Waals surface area contributed by atoms with Gasteiger partial charge in [-0.05, 0) is 36.0 Å². The SMILES string of the molecule is CSCC[C@@H](C(=O)O)N1C(=O)/C(=C/c2cccs2)SC1=S. The fourth-order valence-corrected chi connectivity index (χ4v) is 4.38. The number of carboxylic acid groups (broad SMARTS) is 1. The monoisotopic (exact) mass is 359 g/mol. The first-order valence-corrected chi connectivity index (χ1v) is 9.56. The fourth-order valence-electron chi connectivity index (χ4n) is 1.84. The van der Waals surface area contributed by atoms with Crippen molar-refractivity contribution in [2.45, 2.75) is 12.5 Å². The Balaban J connectivity index is 2.22. The maximum Gasteiger partial charge on any atom is 0.326 e. The average molecular weight is 360 g/mol. The number of thiocarbonyl (C=S) groups is 1. The number of amides is 1. The van der Waals surface area contributed by atoms with Crippen molar-refractivity contribution >= 4 is 69.4 Å². The number of aliphatic carboxylic acids is 1. The van der Waals surface area contributed by atoms with Gasteiger partial charge in [0.15, 0.2) is 0 Å². The van der Waals surface area contributed by atoms with Gasteiger partial charge in [-0.1, -0.05) is 30.0 Å². The smallest absolute Gasteiger partial charge is 0.326 e. The van der Waals surface area contributed by atoms with E-state index >= 15 is 0 Å². The number of carbonyl (C=O) groups is 2. The van der Waals surface area contributed by atoms with Crippen LogP contribution in [0.3, 0.4) is 0 Å². The highest BCUT2D eigenvalue weighted by Gasteiger charge is 2.40. The minimum Gasteiger partial charge on any atom is -0.480 e. The predicted octanol–water partition coefficient (Wildman–Crippen LogP) is 3.16. The third-order valence-corrected chi connectivity index (χ3v) is 5.63. The molecule has 1 atom stereocenters. The number of rotatable bonds is 6. The van der Waals surface area contributed by atoms with Crippen molar-refractivity contribution in [3.63, 3.8) is 0 Å². The topological polar surface area (TPSA) is 57.6 Å². The molecule has 0 unspecified atom stereocenters. The molecule has 1 N–H and O–H groups in total. The molecule has 1 aromatic heterocycles. The Labute approximate surface area is 140 Å². The summed E-state index contributed by atoms with van der Waals surface area (Å²) in [6.45, 7) is 0. The van der Waals surface area contributed by atoms with Gasteiger partial charge in [0.1, 0.15) is 10.4 Å². The van der Waals surface area contributed by atoms with Gasteiger partial charge in [-0.15, -0.1) is 11.3 Å². The van der Waals surface area contributed by atoms with Crippen molar-refractivity contribution in [1.29, 1.82) is 0 Å². The Kier molecular flexibility index (Phi) is 5.86. The highest BCUT2D eigenvalue weighted by molar-refractivity contribution is 8.26. The molecule has 0 aromatic carbocycles. The first kappa shape index (κ1) is 16.5. The molecule has 0 spiro atoms. The van der Waals surface area contributed by atoms with Gasteiger partial charge in [-0.3, -0.25) is 9.69 Å². The number of hydrogen-bond donors (Lipinski definition) is 1. The zero-order valence-electron chi connectivity index (χ0n) is 11.1. The van der Waals surface area contributed by atoms with Gasteiger partial charge in [-0.25, -0.2) is 4.79 Å². The molecule has 0 bridgehead atoms. The van der Waals surface area contributed by atoms with Crippen LogP contribution in [-0.4, -0.2) is 44.3 Å². The van der Waals surface area contributed by atoms with Crippen molar-refractivity contribution in [1.82, 2.24) is 4.90 Å². The van der Waals surface area contributed by atoms with E-state index in [-0.39, 0.29) is 5.91 Å². The van der Waals surface area contributed by atoms with Gasteiger partial charge < -0.3 is 5.11 Å². The standard InChI is InChI=1S/C13H13NO3S4/c1-19-6-4-9(12(16)17)14-11(15)10(21-13(14)18)7-8-3-2-5-20-8/h2-3,5,7,9H,4,6H2,1H3,(H,16,17)/b10-7-/t9-/m0/s1. The second kappa shape index (κ2) is 7.44. The minimum absolute atomic E-state index is 0.313. The molecule has 8 heteroatoms. The average Bonchev–Trinajstić information content (AvgIpc) is 3.02. The molecule has 112 valence electrons. The van der Waals surface area contributed by atoms with Gasteiger partial charge in [0.2, 0.25) is 0 Å². The molecule has 1 aromatic rings. The van der Waals surface area contributed by atoms with Crippen molar-refractivity contribution in [2.24, 2.45) is 0 Å². The molecule has 4 nitrogen and oxygen atoms in total. The number of hydrogen-bond acceptors (Lipinski definition) is 6. The van der Waals surface area contributed by atoms with Crippen LogP contribution < -0.4 is 0 Å². The predicted molar refractivity (Wildman–Crippen MR) is 93.8 cm³/mol. The summed E-state index contributed by atoms with van der Waals surface area (Å²) in [4.78, 5) is 26.5. The summed E-state index contributed by atoms with van der Waals surface area (Å²) in [7, 11) is 0. The summed E-state index contributed by atoms with van der Waals surface area (Å²) in [5, 5.41) is 11.3.